The molecular weight excluding hydrogens is 397 g/mol. The Hall–Kier alpha value is -2.30. The number of halogens is 3. The highest BCUT2D eigenvalue weighted by Gasteiger charge is 2.42. The minimum atomic E-state index is -3.54. The number of carbonyl (C=O) groups excluding carboxylic acids is 1. The van der Waals surface area contributed by atoms with Gasteiger partial charge in [0.15, 0.2) is 0 Å². The smallest absolute Gasteiger partial charge is 0.414 e. The van der Waals surface area contributed by atoms with Crippen LogP contribution in [0, 0.1) is 5.82 Å². The van der Waals surface area contributed by atoms with Crippen molar-refractivity contribution >= 4 is 22.0 Å². The van der Waals surface area contributed by atoms with E-state index in [1.54, 1.807) is 20.8 Å². The Morgan fingerprint density at radius 3 is 2.61 bits per heavy atom. The summed E-state index contributed by atoms with van der Waals surface area (Å²) in [7, 11) is -2.30. The number of alkyl carbamates (subject to hydrolysis) is 1. The largest absolute Gasteiger partial charge is 0.444 e. The Morgan fingerprint density at radius 2 is 2.04 bits per heavy atom. The number of ether oxygens (including phenoxy) is 1. The second-order valence-electron chi connectivity index (χ2n) is 7.20. The van der Waals surface area contributed by atoms with Crippen LogP contribution in [0.4, 0.5) is 18.0 Å². The van der Waals surface area contributed by atoms with Gasteiger partial charge in [0.1, 0.15) is 34.4 Å². The molecule has 1 heterocycles. The maximum atomic E-state index is 14.0. The zero-order valence-electron chi connectivity index (χ0n) is 16.0. The van der Waals surface area contributed by atoms with E-state index in [1.165, 1.54) is 31.3 Å². The van der Waals surface area contributed by atoms with Gasteiger partial charge in [-0.15, -0.1) is 0 Å². The molecule has 0 aromatic heterocycles. The van der Waals surface area contributed by atoms with E-state index in [0.717, 1.165) is 0 Å². The first-order valence-electron chi connectivity index (χ1n) is 8.41. The van der Waals surface area contributed by atoms with Gasteiger partial charge in [0.25, 0.3) is 5.92 Å². The van der Waals surface area contributed by atoms with Crippen LogP contribution in [0.2, 0.25) is 0 Å². The average molecular weight is 420 g/mol. The van der Waals surface area contributed by atoms with E-state index < -0.39 is 58.2 Å². The van der Waals surface area contributed by atoms with Gasteiger partial charge in [-0.05, 0) is 26.8 Å². The molecule has 0 bridgehead atoms. The molecule has 28 heavy (non-hydrogen) atoms. The summed E-state index contributed by atoms with van der Waals surface area (Å²) < 4.78 is 64.8. The molecule has 0 radical (unpaired) electrons. The summed E-state index contributed by atoms with van der Waals surface area (Å²) in [4.78, 5) is 15.8. The summed E-state index contributed by atoms with van der Waals surface area (Å²) in [5.41, 5.74) is -0.785. The summed E-state index contributed by atoms with van der Waals surface area (Å²) in [6, 6.07) is 5.56. The minimum absolute atomic E-state index is 0.0548. The van der Waals surface area contributed by atoms with E-state index >= 15 is 0 Å². The fourth-order valence-electron chi connectivity index (χ4n) is 2.40. The Labute approximate surface area is 162 Å². The summed E-state index contributed by atoms with van der Waals surface area (Å²) in [5, 5.41) is 2.23. The molecule has 0 aliphatic carbocycles. The second-order valence-corrected chi connectivity index (χ2v) is 9.40. The van der Waals surface area contributed by atoms with Crippen molar-refractivity contribution in [1.29, 1.82) is 0 Å². The third-order valence-corrected chi connectivity index (χ3v) is 5.79. The van der Waals surface area contributed by atoms with Crippen molar-refractivity contribution in [3.05, 3.63) is 35.6 Å². The fourth-order valence-corrected chi connectivity index (χ4v) is 4.61. The van der Waals surface area contributed by atoms with E-state index in [-0.39, 0.29) is 5.56 Å². The number of aliphatic imine (C=N–C) groups is 1. The molecule has 1 aromatic carbocycles. The number of rotatable bonds is 2. The van der Waals surface area contributed by atoms with Gasteiger partial charge in [-0.2, -0.15) is 0 Å². The summed E-state index contributed by atoms with van der Waals surface area (Å²) >= 11 is 0. The van der Waals surface area contributed by atoms with Crippen LogP contribution >= 0.6 is 0 Å². The molecule has 1 amide bonds. The van der Waals surface area contributed by atoms with Crippen molar-refractivity contribution in [3.8, 4) is 0 Å². The summed E-state index contributed by atoms with van der Waals surface area (Å²) in [5.74, 6) is -4.75. The third-order valence-electron chi connectivity index (χ3n) is 3.58. The van der Waals surface area contributed by atoms with E-state index in [1.807, 2.05) is 0 Å². The van der Waals surface area contributed by atoms with Crippen LogP contribution < -0.4 is 5.32 Å². The number of guanidine groups is 1. The lowest BCUT2D eigenvalue weighted by atomic mass is 10.2. The number of hydrogen-bond donors (Lipinski definition) is 1. The zero-order valence-corrected chi connectivity index (χ0v) is 16.9. The van der Waals surface area contributed by atoms with Crippen LogP contribution in [0.25, 0.3) is 0 Å². The van der Waals surface area contributed by atoms with Gasteiger partial charge >= 0.3 is 6.09 Å². The predicted molar refractivity (Wildman–Crippen MR) is 99.9 cm³/mol. The predicted octanol–water partition coefficient (Wildman–Crippen LogP) is 3.17. The molecule has 0 saturated carbocycles. The number of nitrogens with one attached hydrogen (secondary N) is 1. The first-order valence-corrected chi connectivity index (χ1v) is 10.1. The number of benzene rings is 1. The SMILES string of the molecule is CN=C(NC(=O)OC(C)(C)C)N1CC(F)(F)CN=S1(=O)Cc1ccccc1F. The van der Waals surface area contributed by atoms with E-state index in [9.17, 15) is 22.2 Å². The van der Waals surface area contributed by atoms with Crippen molar-refractivity contribution in [2.45, 2.75) is 38.0 Å². The van der Waals surface area contributed by atoms with Gasteiger partial charge in [0.05, 0.1) is 5.75 Å². The Morgan fingerprint density at radius 1 is 1.39 bits per heavy atom. The lowest BCUT2D eigenvalue weighted by Crippen LogP contribution is -2.55. The van der Waals surface area contributed by atoms with Gasteiger partial charge in [0, 0.05) is 12.6 Å². The van der Waals surface area contributed by atoms with Crippen molar-refractivity contribution in [3.63, 3.8) is 0 Å². The Bertz CT molecular complexity index is 890. The summed E-state index contributed by atoms with van der Waals surface area (Å²) in [6.45, 7) is 2.91. The van der Waals surface area contributed by atoms with Crippen LogP contribution in [0.3, 0.4) is 0 Å². The number of hydrogen-bond acceptors (Lipinski definition) is 5. The van der Waals surface area contributed by atoms with E-state index in [4.69, 9.17) is 4.74 Å². The molecule has 1 aromatic rings. The van der Waals surface area contributed by atoms with Crippen LogP contribution in [-0.2, 0) is 20.4 Å². The van der Waals surface area contributed by atoms with Gasteiger partial charge in [0.2, 0.25) is 5.96 Å². The molecule has 2 rings (SSSR count). The fraction of sp³-hybridized carbons (Fsp3) is 0.529. The molecule has 0 saturated heterocycles. The number of nitrogens with zero attached hydrogens (tertiary/aromatic N) is 3. The normalized spacial score (nSPS) is 22.4. The minimum Gasteiger partial charge on any atom is -0.444 e. The van der Waals surface area contributed by atoms with Gasteiger partial charge in [-0.25, -0.2) is 30.8 Å². The number of amides is 1. The van der Waals surface area contributed by atoms with Crippen molar-refractivity contribution < 1.29 is 26.9 Å². The van der Waals surface area contributed by atoms with Crippen molar-refractivity contribution in [2.24, 2.45) is 9.36 Å². The van der Waals surface area contributed by atoms with Crippen LogP contribution in [0.5, 0.6) is 0 Å². The molecule has 0 fully saturated rings. The molecular formula is C17H23F3N4O3S. The molecule has 11 heteroatoms. The standard InChI is InChI=1S/C17H23F3N4O3S/c1-16(2,3)27-15(25)23-14(21-4)24-11-17(19,20)10-22-28(24,26)9-12-7-5-6-8-13(12)18/h5-8H,9-11H2,1-4H3,(H,21,23,25). The zero-order chi connectivity index (χ0) is 21.2. The Kier molecular flexibility index (Phi) is 6.27. The van der Waals surface area contributed by atoms with Gasteiger partial charge in [-0.3, -0.25) is 10.3 Å². The van der Waals surface area contributed by atoms with Crippen molar-refractivity contribution in [1.82, 2.24) is 9.62 Å². The average Bonchev–Trinajstić information content (AvgIpc) is 2.56. The molecule has 1 N–H and O–H groups in total. The summed E-state index contributed by atoms with van der Waals surface area (Å²) in [6.07, 6.45) is -0.949. The second kappa shape index (κ2) is 7.98. The quantitative estimate of drug-likeness (QED) is 0.589. The molecule has 1 aliphatic heterocycles. The molecule has 7 nitrogen and oxygen atoms in total. The highest BCUT2D eigenvalue weighted by molar-refractivity contribution is 7.91. The van der Waals surface area contributed by atoms with Crippen LogP contribution in [-0.4, -0.2) is 52.2 Å². The lowest BCUT2D eigenvalue weighted by molar-refractivity contribution is -0.000462. The highest BCUT2D eigenvalue weighted by Crippen LogP contribution is 2.28. The maximum Gasteiger partial charge on any atom is 0.414 e. The molecule has 1 aliphatic rings. The monoisotopic (exact) mass is 420 g/mol. The number of carbonyl (C=O) groups is 1. The van der Waals surface area contributed by atoms with Gasteiger partial charge < -0.3 is 4.74 Å². The molecule has 1 atom stereocenters. The molecule has 156 valence electrons. The highest BCUT2D eigenvalue weighted by atomic mass is 32.2. The van der Waals surface area contributed by atoms with E-state index in [2.05, 4.69) is 14.7 Å². The molecule has 0 spiro atoms. The topological polar surface area (TPSA) is 83.4 Å². The molecule has 1 unspecified atom stereocenters. The van der Waals surface area contributed by atoms with Crippen molar-refractivity contribution in [2.75, 3.05) is 20.1 Å². The Balaban J connectivity index is 2.38. The third kappa shape index (κ3) is 5.60. The first kappa shape index (κ1) is 22.0. The van der Waals surface area contributed by atoms with Gasteiger partial charge in [-0.1, -0.05) is 18.2 Å². The lowest BCUT2D eigenvalue weighted by Gasteiger charge is -2.35. The maximum absolute atomic E-state index is 14.0. The van der Waals surface area contributed by atoms with Crippen LogP contribution in [0.15, 0.2) is 33.6 Å². The number of alkyl halides is 2. The first-order chi connectivity index (χ1) is 12.9. The van der Waals surface area contributed by atoms with Crippen LogP contribution in [0.1, 0.15) is 26.3 Å². The van der Waals surface area contributed by atoms with E-state index in [0.29, 0.717) is 4.31 Å².